The summed E-state index contributed by atoms with van der Waals surface area (Å²) in [5, 5.41) is 2.89. The maximum absolute atomic E-state index is 12.7. The summed E-state index contributed by atoms with van der Waals surface area (Å²) in [6.07, 6.45) is -4.36. The molecule has 2 aromatic rings. The summed E-state index contributed by atoms with van der Waals surface area (Å²) in [5.41, 5.74) is 0.666. The highest BCUT2D eigenvalue weighted by Gasteiger charge is 2.32. The zero-order valence-corrected chi connectivity index (χ0v) is 11.4. The van der Waals surface area contributed by atoms with Gasteiger partial charge in [0.1, 0.15) is 0 Å². The van der Waals surface area contributed by atoms with Crippen molar-refractivity contribution in [1.29, 1.82) is 0 Å². The minimum Gasteiger partial charge on any atom is -0.299 e. The lowest BCUT2D eigenvalue weighted by atomic mass is 10.0. The second kappa shape index (κ2) is 4.85. The molecule has 0 aliphatic rings. The summed E-state index contributed by atoms with van der Waals surface area (Å²) in [6.45, 7) is 4.93. The Bertz CT molecular complexity index is 682. The molecule has 1 aromatic carbocycles. The molecular formula is C14H15F3N2O. The number of nitrogens with one attached hydrogen (secondary N) is 1. The van der Waals surface area contributed by atoms with E-state index < -0.39 is 11.7 Å². The van der Waals surface area contributed by atoms with E-state index in [-0.39, 0.29) is 17.2 Å². The predicted molar refractivity (Wildman–Crippen MR) is 69.8 cm³/mol. The monoisotopic (exact) mass is 284 g/mol. The van der Waals surface area contributed by atoms with Gasteiger partial charge in [-0.3, -0.25) is 9.89 Å². The van der Waals surface area contributed by atoms with Crippen molar-refractivity contribution in [2.45, 2.75) is 33.0 Å². The number of rotatable bonds is 2. The molecule has 0 spiro atoms. The molecule has 0 aliphatic carbocycles. The van der Waals surface area contributed by atoms with Crippen molar-refractivity contribution in [3.05, 3.63) is 57.0 Å². The molecule has 1 unspecified atom stereocenters. The summed E-state index contributed by atoms with van der Waals surface area (Å²) < 4.78 is 39.5. The van der Waals surface area contributed by atoms with Crippen LogP contribution in [0.1, 0.15) is 35.3 Å². The number of alkyl halides is 3. The average Bonchev–Trinajstić information content (AvgIpc) is 2.65. The molecule has 108 valence electrons. The Hall–Kier alpha value is -1.98. The first-order valence-electron chi connectivity index (χ1n) is 6.16. The predicted octanol–water partition coefficient (Wildman–Crippen LogP) is 3.42. The second-order valence-corrected chi connectivity index (χ2v) is 4.90. The second-order valence-electron chi connectivity index (χ2n) is 4.90. The van der Waals surface area contributed by atoms with Gasteiger partial charge in [0.2, 0.25) is 0 Å². The number of H-pyrrole nitrogens is 1. The van der Waals surface area contributed by atoms with Gasteiger partial charge in [0.25, 0.3) is 5.56 Å². The van der Waals surface area contributed by atoms with Gasteiger partial charge < -0.3 is 0 Å². The number of aromatic nitrogens is 2. The highest BCUT2D eigenvalue weighted by molar-refractivity contribution is 5.34. The largest absolute Gasteiger partial charge is 0.416 e. The van der Waals surface area contributed by atoms with E-state index in [9.17, 15) is 18.0 Å². The van der Waals surface area contributed by atoms with Crippen molar-refractivity contribution in [3.63, 3.8) is 0 Å². The molecule has 0 aliphatic heterocycles. The average molecular weight is 284 g/mol. The molecule has 1 aromatic heterocycles. The molecule has 2 rings (SSSR count). The van der Waals surface area contributed by atoms with E-state index in [1.807, 2.05) is 0 Å². The molecule has 0 bridgehead atoms. The van der Waals surface area contributed by atoms with Gasteiger partial charge in [0.15, 0.2) is 0 Å². The quantitative estimate of drug-likeness (QED) is 0.901. The fourth-order valence-corrected chi connectivity index (χ4v) is 2.23. The van der Waals surface area contributed by atoms with Crippen LogP contribution in [0.5, 0.6) is 0 Å². The Kier molecular flexibility index (Phi) is 3.50. The molecule has 3 nitrogen and oxygen atoms in total. The van der Waals surface area contributed by atoms with Crippen LogP contribution in [0.3, 0.4) is 0 Å². The third-order valence-electron chi connectivity index (χ3n) is 3.30. The number of aryl methyl sites for hydroxylation is 2. The Morgan fingerprint density at radius 2 is 1.85 bits per heavy atom. The smallest absolute Gasteiger partial charge is 0.299 e. The zero-order valence-electron chi connectivity index (χ0n) is 11.4. The molecule has 20 heavy (non-hydrogen) atoms. The number of benzene rings is 1. The van der Waals surface area contributed by atoms with Gasteiger partial charge in [0.05, 0.1) is 11.6 Å². The first-order chi connectivity index (χ1) is 9.20. The number of hydrogen-bond acceptors (Lipinski definition) is 1. The number of halogens is 3. The molecule has 0 amide bonds. The molecule has 0 saturated heterocycles. The lowest BCUT2D eigenvalue weighted by Crippen LogP contribution is -2.21. The van der Waals surface area contributed by atoms with Gasteiger partial charge in [-0.05, 0) is 38.0 Å². The minimum atomic E-state index is -4.36. The van der Waals surface area contributed by atoms with Crippen molar-refractivity contribution in [1.82, 2.24) is 9.78 Å². The molecule has 0 fully saturated rings. The molecule has 1 atom stereocenters. The Labute approximate surface area is 114 Å². The van der Waals surface area contributed by atoms with Crippen LogP contribution in [0.15, 0.2) is 29.1 Å². The van der Waals surface area contributed by atoms with Crippen LogP contribution >= 0.6 is 0 Å². The topological polar surface area (TPSA) is 37.8 Å². The fourth-order valence-electron chi connectivity index (χ4n) is 2.23. The van der Waals surface area contributed by atoms with Gasteiger partial charge in [-0.1, -0.05) is 12.1 Å². The number of aromatic amines is 1. The van der Waals surface area contributed by atoms with Gasteiger partial charge in [-0.15, -0.1) is 0 Å². The van der Waals surface area contributed by atoms with Crippen LogP contribution in [0, 0.1) is 13.8 Å². The standard InChI is InChI=1S/C14H15F3N2O/c1-8-6-11(4-5-12(8)14(15,16)17)10(3)19-13(20)7-9(2)18-19/h4-7,10,18H,1-3H3. The maximum atomic E-state index is 12.7. The van der Waals surface area contributed by atoms with Crippen LogP contribution < -0.4 is 5.56 Å². The van der Waals surface area contributed by atoms with E-state index in [4.69, 9.17) is 0 Å². The Balaban J connectivity index is 2.42. The van der Waals surface area contributed by atoms with E-state index in [1.54, 1.807) is 13.8 Å². The van der Waals surface area contributed by atoms with Crippen molar-refractivity contribution < 1.29 is 13.2 Å². The van der Waals surface area contributed by atoms with Crippen LogP contribution in [0.2, 0.25) is 0 Å². The molecule has 1 heterocycles. The number of hydrogen-bond donors (Lipinski definition) is 1. The lowest BCUT2D eigenvalue weighted by Gasteiger charge is -2.16. The normalized spacial score (nSPS) is 13.5. The summed E-state index contributed by atoms with van der Waals surface area (Å²) in [4.78, 5) is 11.7. The van der Waals surface area contributed by atoms with E-state index >= 15 is 0 Å². The molecular weight excluding hydrogens is 269 g/mol. The fraction of sp³-hybridized carbons (Fsp3) is 0.357. The van der Waals surface area contributed by atoms with E-state index in [0.717, 1.165) is 6.07 Å². The highest BCUT2D eigenvalue weighted by atomic mass is 19.4. The highest BCUT2D eigenvalue weighted by Crippen LogP contribution is 2.33. The van der Waals surface area contributed by atoms with Crippen molar-refractivity contribution >= 4 is 0 Å². The Morgan fingerprint density at radius 3 is 2.30 bits per heavy atom. The van der Waals surface area contributed by atoms with Crippen molar-refractivity contribution in [2.24, 2.45) is 0 Å². The number of nitrogens with zero attached hydrogens (tertiary/aromatic N) is 1. The van der Waals surface area contributed by atoms with Gasteiger partial charge in [-0.25, -0.2) is 4.68 Å². The Morgan fingerprint density at radius 1 is 1.20 bits per heavy atom. The van der Waals surface area contributed by atoms with Crippen molar-refractivity contribution in [2.75, 3.05) is 0 Å². The zero-order chi connectivity index (χ0) is 15.1. The minimum absolute atomic E-state index is 0.151. The van der Waals surface area contributed by atoms with Crippen LogP contribution in [0.4, 0.5) is 13.2 Å². The third-order valence-corrected chi connectivity index (χ3v) is 3.30. The van der Waals surface area contributed by atoms with Gasteiger partial charge >= 0.3 is 6.18 Å². The van der Waals surface area contributed by atoms with Crippen molar-refractivity contribution in [3.8, 4) is 0 Å². The summed E-state index contributed by atoms with van der Waals surface area (Å²) in [6, 6.07) is 5.03. The maximum Gasteiger partial charge on any atom is 0.416 e. The van der Waals surface area contributed by atoms with E-state index in [2.05, 4.69) is 5.10 Å². The van der Waals surface area contributed by atoms with Gasteiger partial charge in [-0.2, -0.15) is 13.2 Å². The van der Waals surface area contributed by atoms with E-state index in [1.165, 1.54) is 29.8 Å². The van der Waals surface area contributed by atoms with Crippen LogP contribution in [0.25, 0.3) is 0 Å². The van der Waals surface area contributed by atoms with Crippen LogP contribution in [-0.2, 0) is 6.18 Å². The van der Waals surface area contributed by atoms with E-state index in [0.29, 0.717) is 11.3 Å². The van der Waals surface area contributed by atoms with Crippen LogP contribution in [-0.4, -0.2) is 9.78 Å². The summed E-state index contributed by atoms with van der Waals surface area (Å²) in [5.74, 6) is 0. The molecule has 1 N–H and O–H groups in total. The molecule has 0 saturated carbocycles. The first-order valence-corrected chi connectivity index (χ1v) is 6.16. The first kappa shape index (κ1) is 14.4. The molecule has 0 radical (unpaired) electrons. The SMILES string of the molecule is Cc1cc(=O)n(C(C)c2ccc(C(F)(F)F)c(C)c2)[nH]1. The lowest BCUT2D eigenvalue weighted by molar-refractivity contribution is -0.138. The third kappa shape index (κ3) is 2.64. The summed E-state index contributed by atoms with van der Waals surface area (Å²) >= 11 is 0. The molecule has 6 heteroatoms. The summed E-state index contributed by atoms with van der Waals surface area (Å²) in [7, 11) is 0. The van der Waals surface area contributed by atoms with Gasteiger partial charge in [0, 0.05) is 11.8 Å².